The predicted molar refractivity (Wildman–Crippen MR) is 98.9 cm³/mol. The first-order valence-electron chi connectivity index (χ1n) is 8.76. The molecule has 6 nitrogen and oxygen atoms in total. The van der Waals surface area contributed by atoms with Gasteiger partial charge in [0.15, 0.2) is 0 Å². The first kappa shape index (κ1) is 15.7. The van der Waals surface area contributed by atoms with Crippen LogP contribution in [0.2, 0.25) is 0 Å². The molecule has 0 aliphatic heterocycles. The maximum absolute atomic E-state index is 13.4. The monoisotopic (exact) mass is 357 g/mol. The predicted octanol–water partition coefficient (Wildman–Crippen LogP) is 3.80. The Morgan fingerprint density at radius 3 is 2.59 bits per heavy atom. The molecule has 0 radical (unpaired) electrons. The largest absolute Gasteiger partial charge is 0.351 e. The summed E-state index contributed by atoms with van der Waals surface area (Å²) in [5, 5.41) is 4.79. The molecule has 0 unspecified atom stereocenters. The number of para-hydroxylation sites is 1. The molecule has 1 aromatic carbocycles. The topological polar surface area (TPSA) is 78.0 Å². The first-order chi connectivity index (χ1) is 13.1. The molecule has 0 saturated heterocycles. The number of hydrogen-bond donors (Lipinski definition) is 0. The molecule has 4 aromatic rings. The van der Waals surface area contributed by atoms with Crippen molar-refractivity contribution in [3.05, 3.63) is 70.7 Å². The van der Waals surface area contributed by atoms with Crippen molar-refractivity contribution < 1.29 is 14.1 Å². The van der Waals surface area contributed by atoms with Gasteiger partial charge in [0.2, 0.25) is 17.3 Å². The summed E-state index contributed by atoms with van der Waals surface area (Å²) in [4.78, 5) is 31.1. The number of nitrogens with zero attached hydrogens (tertiary/aromatic N) is 3. The van der Waals surface area contributed by atoms with Crippen LogP contribution in [0.25, 0.3) is 22.3 Å². The van der Waals surface area contributed by atoms with Crippen molar-refractivity contribution in [1.29, 1.82) is 0 Å². The van der Waals surface area contributed by atoms with E-state index in [1.807, 2.05) is 54.8 Å². The Hall–Kier alpha value is -3.54. The van der Waals surface area contributed by atoms with E-state index in [-0.39, 0.29) is 22.9 Å². The Bertz CT molecular complexity index is 1260. The highest BCUT2D eigenvalue weighted by atomic mass is 16.5. The van der Waals surface area contributed by atoms with Gasteiger partial charge in [0.25, 0.3) is 0 Å². The van der Waals surface area contributed by atoms with Gasteiger partial charge in [-0.25, -0.2) is 0 Å². The minimum atomic E-state index is -0.316. The highest BCUT2D eigenvalue weighted by Gasteiger charge is 2.41. The van der Waals surface area contributed by atoms with Crippen LogP contribution in [0.4, 0.5) is 0 Å². The quantitative estimate of drug-likeness (QED) is 0.480. The van der Waals surface area contributed by atoms with Crippen LogP contribution in [0.3, 0.4) is 0 Å². The summed E-state index contributed by atoms with van der Waals surface area (Å²) in [7, 11) is 0. The lowest BCUT2D eigenvalue weighted by Crippen LogP contribution is -2.22. The van der Waals surface area contributed by atoms with Crippen LogP contribution in [0.5, 0.6) is 0 Å². The number of benzene rings is 1. The van der Waals surface area contributed by atoms with E-state index < -0.39 is 0 Å². The molecule has 132 valence electrons. The number of rotatable bonds is 2. The summed E-state index contributed by atoms with van der Waals surface area (Å²) in [6.07, 6.45) is 0. The first-order valence-corrected chi connectivity index (χ1v) is 8.76. The second-order valence-corrected chi connectivity index (χ2v) is 6.54. The van der Waals surface area contributed by atoms with Crippen molar-refractivity contribution in [3.8, 4) is 11.4 Å². The van der Waals surface area contributed by atoms with E-state index in [2.05, 4.69) is 10.1 Å². The van der Waals surface area contributed by atoms with Crippen LogP contribution in [0.15, 0.2) is 47.0 Å². The van der Waals surface area contributed by atoms with Gasteiger partial charge >= 0.3 is 0 Å². The van der Waals surface area contributed by atoms with Crippen molar-refractivity contribution in [3.63, 3.8) is 0 Å². The summed E-state index contributed by atoms with van der Waals surface area (Å²) in [6.45, 7) is 4.38. The number of pyridine rings is 1. The molecule has 0 spiro atoms. The van der Waals surface area contributed by atoms with Crippen molar-refractivity contribution >= 4 is 22.5 Å². The molecule has 0 bridgehead atoms. The Morgan fingerprint density at radius 1 is 1.00 bits per heavy atom. The lowest BCUT2D eigenvalue weighted by Gasteiger charge is -2.12. The van der Waals surface area contributed by atoms with Gasteiger partial charge in [0.05, 0.1) is 11.3 Å². The molecule has 27 heavy (non-hydrogen) atoms. The molecule has 0 amide bonds. The minimum absolute atomic E-state index is 0.0108. The van der Waals surface area contributed by atoms with E-state index in [0.29, 0.717) is 29.2 Å². The number of ketones is 2. The maximum Gasteiger partial charge on any atom is 0.248 e. The summed E-state index contributed by atoms with van der Waals surface area (Å²) < 4.78 is 7.20. The highest BCUT2D eigenvalue weighted by Crippen LogP contribution is 2.38. The van der Waals surface area contributed by atoms with Crippen molar-refractivity contribution in [1.82, 2.24) is 14.7 Å². The summed E-state index contributed by atoms with van der Waals surface area (Å²) in [5.74, 6) is -0.574. The molecular weight excluding hydrogens is 342 g/mol. The van der Waals surface area contributed by atoms with Crippen molar-refractivity contribution in [2.24, 2.45) is 0 Å². The number of carbonyl (C=O) groups is 2. The number of carbonyl (C=O) groups excluding carboxylic acids is 2. The summed E-state index contributed by atoms with van der Waals surface area (Å²) in [5.41, 5.74) is 3.47. The van der Waals surface area contributed by atoms with Gasteiger partial charge in [0.1, 0.15) is 17.0 Å². The molecule has 3 aromatic heterocycles. The van der Waals surface area contributed by atoms with Crippen LogP contribution < -0.4 is 0 Å². The van der Waals surface area contributed by atoms with Gasteiger partial charge in [-0.1, -0.05) is 29.4 Å². The maximum atomic E-state index is 13.4. The van der Waals surface area contributed by atoms with Crippen LogP contribution in [-0.2, 0) is 6.54 Å². The van der Waals surface area contributed by atoms with E-state index in [0.717, 1.165) is 16.6 Å². The average Bonchev–Trinajstić information content (AvgIpc) is 3.26. The Morgan fingerprint density at radius 2 is 1.81 bits per heavy atom. The second kappa shape index (κ2) is 5.48. The normalized spacial score (nSPS) is 13.1. The number of aryl methyl sites for hydroxylation is 2. The molecule has 0 saturated carbocycles. The average molecular weight is 357 g/mol. The molecular formula is C21H15N3O3. The Labute approximate surface area is 154 Å². The molecule has 6 heteroatoms. The summed E-state index contributed by atoms with van der Waals surface area (Å²) in [6, 6.07) is 13.0. The van der Waals surface area contributed by atoms with E-state index >= 15 is 0 Å². The van der Waals surface area contributed by atoms with Gasteiger partial charge < -0.3 is 9.09 Å². The van der Waals surface area contributed by atoms with E-state index in [1.54, 1.807) is 6.07 Å². The fourth-order valence-electron chi connectivity index (χ4n) is 3.84. The van der Waals surface area contributed by atoms with Crippen LogP contribution in [0.1, 0.15) is 44.8 Å². The SMILES string of the molecule is CCn1c2c(c3ccccc31)C(=O)c1c(-c3cccc(C)n3)noc1C2=O. The molecule has 1 aliphatic rings. The zero-order valence-electron chi connectivity index (χ0n) is 14.8. The van der Waals surface area contributed by atoms with Crippen LogP contribution in [-0.4, -0.2) is 26.3 Å². The second-order valence-electron chi connectivity index (χ2n) is 6.54. The zero-order chi connectivity index (χ0) is 18.7. The summed E-state index contributed by atoms with van der Waals surface area (Å²) >= 11 is 0. The number of hydrogen-bond acceptors (Lipinski definition) is 5. The third-order valence-electron chi connectivity index (χ3n) is 4.99. The molecule has 0 atom stereocenters. The third kappa shape index (κ3) is 2.01. The van der Waals surface area contributed by atoms with Crippen molar-refractivity contribution in [2.75, 3.05) is 0 Å². The molecule has 0 N–H and O–H groups in total. The molecule has 0 fully saturated rings. The van der Waals surface area contributed by atoms with E-state index in [9.17, 15) is 9.59 Å². The fraction of sp³-hybridized carbons (Fsp3) is 0.143. The highest BCUT2D eigenvalue weighted by molar-refractivity contribution is 6.32. The fourth-order valence-corrected chi connectivity index (χ4v) is 3.84. The Kier molecular flexibility index (Phi) is 3.18. The van der Waals surface area contributed by atoms with E-state index in [4.69, 9.17) is 4.52 Å². The van der Waals surface area contributed by atoms with Gasteiger partial charge in [-0.3, -0.25) is 14.6 Å². The molecule has 1 aliphatic carbocycles. The Balaban J connectivity index is 1.82. The number of aromatic nitrogens is 3. The number of fused-ring (bicyclic) bond motifs is 4. The minimum Gasteiger partial charge on any atom is -0.351 e. The third-order valence-corrected chi connectivity index (χ3v) is 4.99. The molecule has 3 heterocycles. The molecule has 5 rings (SSSR count). The van der Waals surface area contributed by atoms with Gasteiger partial charge in [-0.2, -0.15) is 0 Å². The van der Waals surface area contributed by atoms with E-state index in [1.165, 1.54) is 0 Å². The van der Waals surface area contributed by atoms with Crippen LogP contribution >= 0.6 is 0 Å². The van der Waals surface area contributed by atoms with Gasteiger partial charge in [-0.15, -0.1) is 0 Å². The zero-order valence-corrected chi connectivity index (χ0v) is 14.8. The standard InChI is InChI=1S/C21H15N3O3/c1-3-24-14-10-5-4-8-12(14)15-18(24)20(26)21-16(19(15)25)17(23-27-21)13-9-6-7-11(2)22-13/h4-10H,3H2,1-2H3. The van der Waals surface area contributed by atoms with Gasteiger partial charge in [-0.05, 0) is 32.0 Å². The lowest BCUT2D eigenvalue weighted by atomic mass is 9.89. The van der Waals surface area contributed by atoms with Crippen LogP contribution in [0, 0.1) is 6.92 Å². The van der Waals surface area contributed by atoms with Gasteiger partial charge in [0, 0.05) is 23.1 Å². The van der Waals surface area contributed by atoms with Crippen molar-refractivity contribution in [2.45, 2.75) is 20.4 Å². The smallest absolute Gasteiger partial charge is 0.248 e. The lowest BCUT2D eigenvalue weighted by molar-refractivity contribution is 0.0949.